The normalized spacial score (nSPS) is 26.0. The average Bonchev–Trinajstić information content (AvgIpc) is 2.19. The van der Waals surface area contributed by atoms with Crippen LogP contribution < -0.4 is 5.32 Å². The van der Waals surface area contributed by atoms with Crippen molar-refractivity contribution in [2.45, 2.75) is 18.9 Å². The highest BCUT2D eigenvalue weighted by Crippen LogP contribution is 2.18. The molecule has 1 atom stereocenters. The summed E-state index contributed by atoms with van der Waals surface area (Å²) < 4.78 is 5.10. The number of allylic oxidation sites excluding steroid dienone is 2. The van der Waals surface area contributed by atoms with Gasteiger partial charge in [0, 0.05) is 0 Å². The van der Waals surface area contributed by atoms with Crippen LogP contribution in [0.3, 0.4) is 0 Å². The van der Waals surface area contributed by atoms with Crippen LogP contribution in [0.25, 0.3) is 0 Å². The van der Waals surface area contributed by atoms with Gasteiger partial charge >= 0.3 is 0 Å². The summed E-state index contributed by atoms with van der Waals surface area (Å²) in [5.74, 6) is -0.575. The van der Waals surface area contributed by atoms with Crippen molar-refractivity contribution < 1.29 is 14.6 Å². The number of aliphatic hydroxyl groups is 1. The maximum absolute atomic E-state index is 11.4. The van der Waals surface area contributed by atoms with Gasteiger partial charge in [-0.1, -0.05) is 18.2 Å². The Morgan fingerprint density at radius 3 is 3.00 bits per heavy atom. The molecular formula is C10H11NO3. The number of hydrogen-bond acceptors (Lipinski definition) is 3. The number of carbonyl (C=O) groups excluding carboxylic acids is 1. The van der Waals surface area contributed by atoms with E-state index < -0.39 is 6.10 Å². The minimum atomic E-state index is -0.623. The van der Waals surface area contributed by atoms with Crippen molar-refractivity contribution in [3.05, 3.63) is 35.9 Å². The maximum atomic E-state index is 11.4. The van der Waals surface area contributed by atoms with Crippen LogP contribution in [0.2, 0.25) is 0 Å². The standard InChI is InChI=1S/C10H11NO3/c12-8-6-14-9(10(13)11-8)7-4-2-1-3-5-7/h2,4-6,9,12H,1,3H2,(H,11,13). The molecule has 1 unspecified atom stereocenters. The molecule has 0 saturated carbocycles. The molecule has 1 aliphatic carbocycles. The van der Waals surface area contributed by atoms with Gasteiger partial charge in [-0.2, -0.15) is 0 Å². The third-order valence-corrected chi connectivity index (χ3v) is 2.13. The summed E-state index contributed by atoms with van der Waals surface area (Å²) in [7, 11) is 0. The first-order chi connectivity index (χ1) is 6.77. The Morgan fingerprint density at radius 2 is 2.36 bits per heavy atom. The molecule has 0 saturated heterocycles. The van der Waals surface area contributed by atoms with Gasteiger partial charge in [-0.25, -0.2) is 0 Å². The fourth-order valence-electron chi connectivity index (χ4n) is 1.47. The molecule has 0 bridgehead atoms. The fourth-order valence-corrected chi connectivity index (χ4v) is 1.47. The lowest BCUT2D eigenvalue weighted by atomic mass is 10.0. The van der Waals surface area contributed by atoms with Crippen LogP contribution in [0.4, 0.5) is 0 Å². The smallest absolute Gasteiger partial charge is 0.272 e. The van der Waals surface area contributed by atoms with Crippen molar-refractivity contribution in [3.63, 3.8) is 0 Å². The molecule has 14 heavy (non-hydrogen) atoms. The Balaban J connectivity index is 2.15. The Kier molecular flexibility index (Phi) is 2.26. The first kappa shape index (κ1) is 8.87. The zero-order valence-electron chi connectivity index (χ0n) is 7.56. The zero-order chi connectivity index (χ0) is 9.97. The first-order valence-corrected chi connectivity index (χ1v) is 4.49. The van der Waals surface area contributed by atoms with E-state index in [-0.39, 0.29) is 11.8 Å². The monoisotopic (exact) mass is 193 g/mol. The second kappa shape index (κ2) is 3.57. The molecule has 4 nitrogen and oxygen atoms in total. The molecule has 1 aliphatic heterocycles. The summed E-state index contributed by atoms with van der Waals surface area (Å²) in [6.07, 6.45) is 8.31. The zero-order valence-corrected chi connectivity index (χ0v) is 7.56. The molecule has 2 rings (SSSR count). The Hall–Kier alpha value is -1.71. The summed E-state index contributed by atoms with van der Waals surface area (Å²) in [6, 6.07) is 0. The third-order valence-electron chi connectivity index (χ3n) is 2.13. The lowest BCUT2D eigenvalue weighted by Gasteiger charge is -2.22. The molecule has 0 fully saturated rings. The molecule has 0 aromatic heterocycles. The van der Waals surface area contributed by atoms with Gasteiger partial charge in [-0.3, -0.25) is 10.1 Å². The highest BCUT2D eigenvalue weighted by molar-refractivity contribution is 5.86. The lowest BCUT2D eigenvalue weighted by Crippen LogP contribution is -2.39. The topological polar surface area (TPSA) is 58.6 Å². The second-order valence-corrected chi connectivity index (χ2v) is 3.19. The molecule has 1 heterocycles. The summed E-state index contributed by atoms with van der Waals surface area (Å²) in [5.41, 5.74) is 0.845. The minimum absolute atomic E-state index is 0.244. The molecule has 74 valence electrons. The van der Waals surface area contributed by atoms with E-state index >= 15 is 0 Å². The molecule has 0 radical (unpaired) electrons. The van der Waals surface area contributed by atoms with Gasteiger partial charge in [-0.15, -0.1) is 0 Å². The molecule has 2 aliphatic rings. The van der Waals surface area contributed by atoms with Crippen LogP contribution in [-0.2, 0) is 9.53 Å². The van der Waals surface area contributed by atoms with Gasteiger partial charge < -0.3 is 9.84 Å². The SMILES string of the molecule is O=C1NC(O)=COC1C1=CCCC=C1. The van der Waals surface area contributed by atoms with Gasteiger partial charge in [0.15, 0.2) is 0 Å². The first-order valence-electron chi connectivity index (χ1n) is 4.49. The highest BCUT2D eigenvalue weighted by Gasteiger charge is 2.27. The highest BCUT2D eigenvalue weighted by atomic mass is 16.5. The van der Waals surface area contributed by atoms with Crippen molar-refractivity contribution in [3.8, 4) is 0 Å². The maximum Gasteiger partial charge on any atom is 0.272 e. The van der Waals surface area contributed by atoms with Crippen molar-refractivity contribution >= 4 is 5.91 Å². The van der Waals surface area contributed by atoms with Crippen LogP contribution in [0.15, 0.2) is 35.9 Å². The van der Waals surface area contributed by atoms with Crippen molar-refractivity contribution in [2.24, 2.45) is 0 Å². The van der Waals surface area contributed by atoms with Crippen molar-refractivity contribution in [1.82, 2.24) is 5.32 Å². The number of amides is 1. The molecule has 0 aromatic carbocycles. The molecule has 2 N–H and O–H groups in total. The van der Waals surface area contributed by atoms with E-state index in [0.717, 1.165) is 24.7 Å². The van der Waals surface area contributed by atoms with E-state index in [4.69, 9.17) is 9.84 Å². The summed E-state index contributed by atoms with van der Waals surface area (Å²) in [5, 5.41) is 11.3. The lowest BCUT2D eigenvalue weighted by molar-refractivity contribution is -0.129. The Labute approximate surface area is 81.6 Å². The van der Waals surface area contributed by atoms with Gasteiger partial charge in [0.05, 0.1) is 0 Å². The van der Waals surface area contributed by atoms with E-state index in [1.165, 1.54) is 0 Å². The van der Waals surface area contributed by atoms with Crippen LogP contribution in [0.1, 0.15) is 12.8 Å². The Morgan fingerprint density at radius 1 is 1.50 bits per heavy atom. The number of nitrogens with one attached hydrogen (secondary N) is 1. The van der Waals surface area contributed by atoms with Crippen LogP contribution in [0.5, 0.6) is 0 Å². The van der Waals surface area contributed by atoms with E-state index in [2.05, 4.69) is 5.32 Å². The third kappa shape index (κ3) is 1.64. The number of ether oxygens (including phenoxy) is 1. The van der Waals surface area contributed by atoms with Crippen LogP contribution in [-0.4, -0.2) is 17.1 Å². The van der Waals surface area contributed by atoms with E-state index in [0.29, 0.717) is 0 Å². The predicted molar refractivity (Wildman–Crippen MR) is 50.2 cm³/mol. The molecule has 0 spiro atoms. The average molecular weight is 193 g/mol. The fraction of sp³-hybridized carbons (Fsp3) is 0.300. The van der Waals surface area contributed by atoms with E-state index in [1.807, 2.05) is 18.2 Å². The molecule has 0 aromatic rings. The number of carbonyl (C=O) groups is 1. The largest absolute Gasteiger partial charge is 0.492 e. The number of rotatable bonds is 1. The number of aliphatic hydroxyl groups excluding tert-OH is 1. The second-order valence-electron chi connectivity index (χ2n) is 3.19. The quantitative estimate of drug-likeness (QED) is 0.656. The molecule has 4 heteroatoms. The van der Waals surface area contributed by atoms with Crippen LogP contribution >= 0.6 is 0 Å². The minimum Gasteiger partial charge on any atom is -0.492 e. The van der Waals surface area contributed by atoms with E-state index in [1.54, 1.807) is 0 Å². The van der Waals surface area contributed by atoms with Gasteiger partial charge in [0.1, 0.15) is 6.26 Å². The molecular weight excluding hydrogens is 182 g/mol. The van der Waals surface area contributed by atoms with Gasteiger partial charge in [-0.05, 0) is 18.4 Å². The number of hydrogen-bond donors (Lipinski definition) is 2. The summed E-state index contributed by atoms with van der Waals surface area (Å²) in [4.78, 5) is 11.4. The summed E-state index contributed by atoms with van der Waals surface area (Å²) in [6.45, 7) is 0. The van der Waals surface area contributed by atoms with Gasteiger partial charge in [0.25, 0.3) is 5.91 Å². The molecule has 1 amide bonds. The van der Waals surface area contributed by atoms with Crippen LogP contribution in [0, 0.1) is 0 Å². The van der Waals surface area contributed by atoms with Crippen molar-refractivity contribution in [1.29, 1.82) is 0 Å². The van der Waals surface area contributed by atoms with E-state index in [9.17, 15) is 4.79 Å². The Bertz CT molecular complexity index is 341. The van der Waals surface area contributed by atoms with Gasteiger partial charge in [0.2, 0.25) is 12.0 Å². The summed E-state index contributed by atoms with van der Waals surface area (Å²) >= 11 is 0. The van der Waals surface area contributed by atoms with Crippen molar-refractivity contribution in [2.75, 3.05) is 0 Å². The predicted octanol–water partition coefficient (Wildman–Crippen LogP) is 1.13.